The molecule has 3 N–H and O–H groups in total. The Bertz CT molecular complexity index is 761. The number of nitrogens with two attached hydrogens (primary N) is 1. The molecule has 1 aromatic heterocycles. The molecule has 0 saturated carbocycles. The fourth-order valence-electron chi connectivity index (χ4n) is 3.96. The van der Waals surface area contributed by atoms with Gasteiger partial charge in [0, 0.05) is 23.5 Å². The normalized spacial score (nSPS) is 12.8. The Hall–Kier alpha value is -1.71. The van der Waals surface area contributed by atoms with Gasteiger partial charge in [-0.2, -0.15) is 0 Å². The van der Waals surface area contributed by atoms with E-state index >= 15 is 0 Å². The van der Waals surface area contributed by atoms with Gasteiger partial charge in [-0.15, -0.1) is 0 Å². The van der Waals surface area contributed by atoms with Crippen LogP contribution < -0.4 is 5.73 Å². The van der Waals surface area contributed by atoms with Crippen molar-refractivity contribution in [1.29, 1.82) is 0 Å². The second-order valence-corrected chi connectivity index (χ2v) is 8.49. The van der Waals surface area contributed by atoms with E-state index in [9.17, 15) is 5.11 Å². The van der Waals surface area contributed by atoms with Gasteiger partial charge in [0.2, 0.25) is 0 Å². The summed E-state index contributed by atoms with van der Waals surface area (Å²) < 4.78 is 0. The summed E-state index contributed by atoms with van der Waals surface area (Å²) >= 11 is 0. The first-order chi connectivity index (χ1) is 13.3. The van der Waals surface area contributed by atoms with E-state index in [1.165, 1.54) is 29.7 Å². The summed E-state index contributed by atoms with van der Waals surface area (Å²) in [4.78, 5) is 5.11. The number of unbranched alkanes of at least 4 members (excludes halogenated alkanes) is 2. The first kappa shape index (κ1) is 22.6. The summed E-state index contributed by atoms with van der Waals surface area (Å²) in [7, 11) is 0. The topological polar surface area (TPSA) is 59.1 Å². The van der Waals surface area contributed by atoms with E-state index in [0.29, 0.717) is 12.5 Å². The number of rotatable bonds is 9. The van der Waals surface area contributed by atoms with Crippen molar-refractivity contribution >= 4 is 0 Å². The lowest BCUT2D eigenvalue weighted by molar-refractivity contribution is 0.197. The molecular formula is C25H38N2O. The van der Waals surface area contributed by atoms with Gasteiger partial charge in [-0.1, -0.05) is 71.7 Å². The molecule has 2 aromatic rings. The maximum Gasteiger partial charge on any atom is 0.0785 e. The number of nitrogens with zero attached hydrogens (tertiary/aromatic N) is 1. The molecule has 1 aromatic carbocycles. The Labute approximate surface area is 171 Å². The Balaban J connectivity index is 2.82. The van der Waals surface area contributed by atoms with Crippen LogP contribution in [0, 0.1) is 0 Å². The van der Waals surface area contributed by atoms with Gasteiger partial charge in [0.25, 0.3) is 0 Å². The van der Waals surface area contributed by atoms with E-state index in [0.717, 1.165) is 35.2 Å². The van der Waals surface area contributed by atoms with Crippen LogP contribution >= 0.6 is 0 Å². The lowest BCUT2D eigenvalue weighted by Crippen LogP contribution is -2.14. The Kier molecular flexibility index (Phi) is 8.21. The van der Waals surface area contributed by atoms with Crippen LogP contribution in [-0.2, 0) is 13.0 Å². The predicted octanol–water partition coefficient (Wildman–Crippen LogP) is 6.24. The SMILES string of the molecule is CCCCCc1c(C(C)C)nc(C(C)C)c(C(C)O)c1-c1ccc(CN)cc1. The predicted molar refractivity (Wildman–Crippen MR) is 120 cm³/mol. The second-order valence-electron chi connectivity index (χ2n) is 8.49. The average molecular weight is 383 g/mol. The highest BCUT2D eigenvalue weighted by atomic mass is 16.3. The van der Waals surface area contributed by atoms with Gasteiger partial charge in [-0.25, -0.2) is 0 Å². The monoisotopic (exact) mass is 382 g/mol. The van der Waals surface area contributed by atoms with Gasteiger partial charge < -0.3 is 10.8 Å². The molecule has 0 aliphatic heterocycles. The van der Waals surface area contributed by atoms with Crippen LogP contribution in [0.2, 0.25) is 0 Å². The quantitative estimate of drug-likeness (QED) is 0.505. The summed E-state index contributed by atoms with van der Waals surface area (Å²) in [5.41, 5.74) is 13.8. The third kappa shape index (κ3) is 5.01. The highest BCUT2D eigenvalue weighted by Crippen LogP contribution is 2.40. The molecule has 0 fully saturated rings. The summed E-state index contributed by atoms with van der Waals surface area (Å²) in [6.45, 7) is 13.4. The zero-order chi connectivity index (χ0) is 20.8. The minimum Gasteiger partial charge on any atom is -0.389 e. The van der Waals surface area contributed by atoms with E-state index in [4.69, 9.17) is 10.7 Å². The van der Waals surface area contributed by atoms with Gasteiger partial charge in [0.1, 0.15) is 0 Å². The van der Waals surface area contributed by atoms with Crippen LogP contribution in [0.4, 0.5) is 0 Å². The van der Waals surface area contributed by atoms with Crippen LogP contribution in [0.5, 0.6) is 0 Å². The number of aliphatic hydroxyl groups is 1. The molecule has 0 spiro atoms. The highest BCUT2D eigenvalue weighted by Gasteiger charge is 2.25. The molecule has 0 amide bonds. The number of benzene rings is 1. The van der Waals surface area contributed by atoms with Crippen molar-refractivity contribution in [1.82, 2.24) is 4.98 Å². The lowest BCUT2D eigenvalue weighted by Gasteiger charge is -2.26. The molecular weight excluding hydrogens is 344 g/mol. The Morgan fingerprint density at radius 1 is 0.929 bits per heavy atom. The molecule has 154 valence electrons. The average Bonchev–Trinajstić information content (AvgIpc) is 2.66. The zero-order valence-corrected chi connectivity index (χ0v) is 18.5. The standard InChI is InChI=1S/C25H38N2O/c1-7-8-9-10-21-23(20-13-11-19(15-26)12-14-20)22(18(6)28)25(17(4)5)27-24(21)16(2)3/h11-14,16-18,28H,7-10,15,26H2,1-6H3. The number of aromatic nitrogens is 1. The maximum absolute atomic E-state index is 10.8. The minimum atomic E-state index is -0.555. The van der Waals surface area contributed by atoms with Crippen LogP contribution in [0.3, 0.4) is 0 Å². The van der Waals surface area contributed by atoms with Gasteiger partial charge in [0.05, 0.1) is 6.10 Å². The summed E-state index contributed by atoms with van der Waals surface area (Å²) in [5, 5.41) is 10.8. The van der Waals surface area contributed by atoms with Crippen molar-refractivity contribution in [2.45, 2.75) is 91.7 Å². The molecule has 0 aliphatic rings. The zero-order valence-electron chi connectivity index (χ0n) is 18.5. The molecule has 1 atom stereocenters. The lowest BCUT2D eigenvalue weighted by atomic mass is 9.83. The highest BCUT2D eigenvalue weighted by molar-refractivity contribution is 5.74. The Morgan fingerprint density at radius 2 is 1.54 bits per heavy atom. The van der Waals surface area contributed by atoms with Crippen molar-refractivity contribution in [2.24, 2.45) is 5.73 Å². The first-order valence-electron chi connectivity index (χ1n) is 10.9. The molecule has 0 radical (unpaired) electrons. The molecule has 1 heterocycles. The molecule has 2 rings (SSSR count). The van der Waals surface area contributed by atoms with E-state index in [2.05, 4.69) is 58.9 Å². The van der Waals surface area contributed by atoms with Gasteiger partial charge in [-0.3, -0.25) is 4.98 Å². The maximum atomic E-state index is 10.8. The summed E-state index contributed by atoms with van der Waals surface area (Å²) in [6, 6.07) is 8.50. The summed E-state index contributed by atoms with van der Waals surface area (Å²) in [5.74, 6) is 0.605. The summed E-state index contributed by atoms with van der Waals surface area (Å²) in [6.07, 6.45) is 3.99. The third-order valence-electron chi connectivity index (χ3n) is 5.42. The van der Waals surface area contributed by atoms with Crippen molar-refractivity contribution in [3.05, 3.63) is 52.3 Å². The molecule has 3 nitrogen and oxygen atoms in total. The number of pyridine rings is 1. The van der Waals surface area contributed by atoms with Gasteiger partial charge in [-0.05, 0) is 53.9 Å². The fourth-order valence-corrected chi connectivity index (χ4v) is 3.96. The van der Waals surface area contributed by atoms with E-state index in [1.54, 1.807) is 0 Å². The van der Waals surface area contributed by atoms with E-state index in [1.807, 2.05) is 6.92 Å². The second kappa shape index (κ2) is 10.2. The van der Waals surface area contributed by atoms with Crippen LogP contribution in [0.25, 0.3) is 11.1 Å². The molecule has 0 bridgehead atoms. The van der Waals surface area contributed by atoms with Crippen molar-refractivity contribution in [3.8, 4) is 11.1 Å². The largest absolute Gasteiger partial charge is 0.389 e. The van der Waals surface area contributed by atoms with Crippen LogP contribution in [-0.4, -0.2) is 10.1 Å². The van der Waals surface area contributed by atoms with Crippen LogP contribution in [0.15, 0.2) is 24.3 Å². The minimum absolute atomic E-state index is 0.258. The van der Waals surface area contributed by atoms with E-state index < -0.39 is 6.10 Å². The number of hydrogen-bond acceptors (Lipinski definition) is 3. The molecule has 0 aliphatic carbocycles. The van der Waals surface area contributed by atoms with Gasteiger partial charge >= 0.3 is 0 Å². The Morgan fingerprint density at radius 3 is 2.00 bits per heavy atom. The number of hydrogen-bond donors (Lipinski definition) is 2. The molecule has 0 saturated heterocycles. The molecule has 3 heteroatoms. The van der Waals surface area contributed by atoms with E-state index in [-0.39, 0.29) is 5.92 Å². The fraction of sp³-hybridized carbons (Fsp3) is 0.560. The smallest absolute Gasteiger partial charge is 0.0785 e. The number of aliphatic hydroxyl groups excluding tert-OH is 1. The van der Waals surface area contributed by atoms with Crippen LogP contribution in [0.1, 0.15) is 107 Å². The third-order valence-corrected chi connectivity index (χ3v) is 5.42. The van der Waals surface area contributed by atoms with Crippen molar-refractivity contribution in [2.75, 3.05) is 0 Å². The molecule has 28 heavy (non-hydrogen) atoms. The van der Waals surface area contributed by atoms with Crippen molar-refractivity contribution in [3.63, 3.8) is 0 Å². The van der Waals surface area contributed by atoms with Gasteiger partial charge in [0.15, 0.2) is 0 Å². The molecule has 1 unspecified atom stereocenters. The first-order valence-corrected chi connectivity index (χ1v) is 10.9. The van der Waals surface area contributed by atoms with Crippen molar-refractivity contribution < 1.29 is 5.11 Å².